The van der Waals surface area contributed by atoms with Gasteiger partial charge in [-0.3, -0.25) is 4.79 Å². The molecule has 6 nitrogen and oxygen atoms in total. The third-order valence-electron chi connectivity index (χ3n) is 4.51. The van der Waals surface area contributed by atoms with Crippen LogP contribution < -0.4 is 9.47 Å². The van der Waals surface area contributed by atoms with E-state index in [-0.39, 0.29) is 17.7 Å². The number of rotatable bonds is 4. The van der Waals surface area contributed by atoms with Crippen LogP contribution in [0.3, 0.4) is 0 Å². The summed E-state index contributed by atoms with van der Waals surface area (Å²) in [5, 5.41) is 0. The summed E-state index contributed by atoms with van der Waals surface area (Å²) in [7, 11) is 3.21. The third kappa shape index (κ3) is 3.64. The molecule has 0 spiro atoms. The topological polar surface area (TPSA) is 64.6 Å². The number of carbonyl (C=O) groups excluding carboxylic acids is 1. The second-order valence-electron chi connectivity index (χ2n) is 7.52. The summed E-state index contributed by atoms with van der Waals surface area (Å²) in [5.74, 6) is 2.23. The molecule has 3 rings (SSSR count). The number of carbonyl (C=O) groups is 1. The molecule has 0 radical (unpaired) electrons. The Balaban J connectivity index is 1.76. The Morgan fingerprint density at radius 3 is 2.62 bits per heavy atom. The second-order valence-corrected chi connectivity index (χ2v) is 7.52. The highest BCUT2D eigenvalue weighted by Crippen LogP contribution is 2.28. The highest BCUT2D eigenvalue weighted by Gasteiger charge is 2.28. The molecule has 2 heterocycles. The largest absolute Gasteiger partial charge is 0.497 e. The van der Waals surface area contributed by atoms with E-state index in [1.807, 2.05) is 29.3 Å². The van der Waals surface area contributed by atoms with Crippen molar-refractivity contribution in [2.24, 2.45) is 0 Å². The normalized spacial score (nSPS) is 13.5. The third-order valence-corrected chi connectivity index (χ3v) is 4.51. The molecule has 138 valence electrons. The lowest BCUT2D eigenvalue weighted by molar-refractivity contribution is -0.131. The molecule has 0 saturated carbocycles. The Bertz CT molecular complexity index is 828. The molecule has 6 heteroatoms. The molecule has 1 aliphatic heterocycles. The van der Waals surface area contributed by atoms with Crippen molar-refractivity contribution in [3.05, 3.63) is 47.0 Å². The van der Waals surface area contributed by atoms with Crippen LogP contribution in [-0.4, -0.2) is 35.0 Å². The Hall–Kier alpha value is -2.63. The molecule has 0 unspecified atom stereocenters. The number of hydrogen-bond donors (Lipinski definition) is 0. The maximum absolute atomic E-state index is 12.8. The lowest BCUT2D eigenvalue weighted by Crippen LogP contribution is -2.27. The van der Waals surface area contributed by atoms with E-state index in [1.165, 1.54) is 0 Å². The van der Waals surface area contributed by atoms with Gasteiger partial charge in [0.1, 0.15) is 17.3 Å². The van der Waals surface area contributed by atoms with E-state index in [0.717, 1.165) is 22.6 Å². The molecule has 1 amide bonds. The number of nitrogens with zero attached hydrogens (tertiary/aromatic N) is 3. The van der Waals surface area contributed by atoms with E-state index in [9.17, 15) is 4.79 Å². The minimum atomic E-state index is -0.111. The lowest BCUT2D eigenvalue weighted by Gasteiger charge is -2.17. The van der Waals surface area contributed by atoms with Crippen molar-refractivity contribution in [3.63, 3.8) is 0 Å². The van der Waals surface area contributed by atoms with Crippen molar-refractivity contribution >= 4 is 5.91 Å². The quantitative estimate of drug-likeness (QED) is 0.844. The standard InChI is InChI=1S/C20H25N3O3/c1-20(2,3)19-21-10-14-11-23(12-16(14)22-19)18(24)9-13-8-15(25-4)6-7-17(13)26-5/h6-8,10H,9,11-12H2,1-5H3. The van der Waals surface area contributed by atoms with E-state index < -0.39 is 0 Å². The Morgan fingerprint density at radius 2 is 1.96 bits per heavy atom. The maximum atomic E-state index is 12.8. The number of methoxy groups -OCH3 is 2. The van der Waals surface area contributed by atoms with Gasteiger partial charge in [0.2, 0.25) is 5.91 Å². The number of ether oxygens (including phenoxy) is 2. The van der Waals surface area contributed by atoms with E-state index in [2.05, 4.69) is 30.7 Å². The fourth-order valence-corrected chi connectivity index (χ4v) is 2.99. The van der Waals surface area contributed by atoms with E-state index in [0.29, 0.717) is 24.6 Å². The first-order valence-corrected chi connectivity index (χ1v) is 8.65. The van der Waals surface area contributed by atoms with Crippen molar-refractivity contribution in [2.45, 2.75) is 45.7 Å². The van der Waals surface area contributed by atoms with Crippen LogP contribution in [0.5, 0.6) is 11.5 Å². The minimum Gasteiger partial charge on any atom is -0.497 e. The van der Waals surface area contributed by atoms with Crippen molar-refractivity contribution in [1.82, 2.24) is 14.9 Å². The Labute approximate surface area is 154 Å². The van der Waals surface area contributed by atoms with Gasteiger partial charge in [-0.25, -0.2) is 9.97 Å². The molecule has 0 N–H and O–H groups in total. The molecule has 0 bridgehead atoms. The average Bonchev–Trinajstić information content (AvgIpc) is 3.04. The zero-order valence-electron chi connectivity index (χ0n) is 16.0. The van der Waals surface area contributed by atoms with Crippen LogP contribution in [0.25, 0.3) is 0 Å². The van der Waals surface area contributed by atoms with Gasteiger partial charge in [-0.05, 0) is 18.2 Å². The number of amides is 1. The Kier molecular flexibility index (Phi) is 4.85. The van der Waals surface area contributed by atoms with Gasteiger partial charge in [0.25, 0.3) is 0 Å². The average molecular weight is 355 g/mol. The van der Waals surface area contributed by atoms with Crippen LogP contribution in [0.4, 0.5) is 0 Å². The first-order chi connectivity index (χ1) is 12.3. The summed E-state index contributed by atoms with van der Waals surface area (Å²) in [6.45, 7) is 7.32. The van der Waals surface area contributed by atoms with Crippen molar-refractivity contribution in [2.75, 3.05) is 14.2 Å². The molecular formula is C20H25N3O3. The van der Waals surface area contributed by atoms with Crippen LogP contribution in [0.1, 0.15) is 43.4 Å². The van der Waals surface area contributed by atoms with Crippen LogP contribution in [0.15, 0.2) is 24.4 Å². The second kappa shape index (κ2) is 6.94. The monoisotopic (exact) mass is 355 g/mol. The first-order valence-electron chi connectivity index (χ1n) is 8.65. The van der Waals surface area contributed by atoms with Gasteiger partial charge in [0, 0.05) is 29.3 Å². The molecule has 1 aromatic carbocycles. The molecule has 26 heavy (non-hydrogen) atoms. The maximum Gasteiger partial charge on any atom is 0.227 e. The van der Waals surface area contributed by atoms with Gasteiger partial charge in [-0.1, -0.05) is 20.8 Å². The molecule has 0 aliphatic carbocycles. The molecule has 1 aromatic heterocycles. The summed E-state index contributed by atoms with van der Waals surface area (Å²) in [6, 6.07) is 5.49. The SMILES string of the molecule is COc1ccc(OC)c(CC(=O)N2Cc3cnc(C(C)(C)C)nc3C2)c1. The van der Waals surface area contributed by atoms with Crippen LogP contribution in [0, 0.1) is 0 Å². The molecule has 1 aliphatic rings. The molecule has 0 fully saturated rings. The predicted octanol–water partition coefficient (Wildman–Crippen LogP) is 2.88. The summed E-state index contributed by atoms with van der Waals surface area (Å²) in [5.41, 5.74) is 2.66. The number of hydrogen-bond acceptors (Lipinski definition) is 5. The summed E-state index contributed by atoms with van der Waals surface area (Å²) in [4.78, 5) is 23.8. The summed E-state index contributed by atoms with van der Waals surface area (Å²) in [6.07, 6.45) is 2.11. The number of benzene rings is 1. The van der Waals surface area contributed by atoms with Crippen LogP contribution >= 0.6 is 0 Å². The zero-order chi connectivity index (χ0) is 18.9. The van der Waals surface area contributed by atoms with Crippen LogP contribution in [0.2, 0.25) is 0 Å². The zero-order valence-corrected chi connectivity index (χ0v) is 16.0. The van der Waals surface area contributed by atoms with Gasteiger partial charge < -0.3 is 14.4 Å². The van der Waals surface area contributed by atoms with Gasteiger partial charge in [0.05, 0.1) is 32.9 Å². The van der Waals surface area contributed by atoms with E-state index in [4.69, 9.17) is 9.47 Å². The lowest BCUT2D eigenvalue weighted by atomic mass is 9.95. The first kappa shape index (κ1) is 18.2. The highest BCUT2D eigenvalue weighted by molar-refractivity contribution is 5.80. The smallest absolute Gasteiger partial charge is 0.227 e. The van der Waals surface area contributed by atoms with Gasteiger partial charge in [-0.15, -0.1) is 0 Å². The van der Waals surface area contributed by atoms with E-state index >= 15 is 0 Å². The van der Waals surface area contributed by atoms with Crippen LogP contribution in [-0.2, 0) is 29.7 Å². The summed E-state index contributed by atoms with van der Waals surface area (Å²) < 4.78 is 10.6. The number of aromatic nitrogens is 2. The molecule has 2 aromatic rings. The van der Waals surface area contributed by atoms with Gasteiger partial charge in [-0.2, -0.15) is 0 Å². The van der Waals surface area contributed by atoms with Crippen molar-refractivity contribution in [1.29, 1.82) is 0 Å². The summed E-state index contributed by atoms with van der Waals surface area (Å²) >= 11 is 0. The fraction of sp³-hybridized carbons (Fsp3) is 0.450. The van der Waals surface area contributed by atoms with E-state index in [1.54, 1.807) is 14.2 Å². The fourth-order valence-electron chi connectivity index (χ4n) is 2.99. The van der Waals surface area contributed by atoms with Crippen molar-refractivity contribution < 1.29 is 14.3 Å². The number of fused-ring (bicyclic) bond motifs is 1. The molecule has 0 atom stereocenters. The van der Waals surface area contributed by atoms with Gasteiger partial charge in [0.15, 0.2) is 0 Å². The minimum absolute atomic E-state index is 0.0341. The molecular weight excluding hydrogens is 330 g/mol. The molecule has 0 saturated heterocycles. The van der Waals surface area contributed by atoms with Crippen molar-refractivity contribution in [3.8, 4) is 11.5 Å². The van der Waals surface area contributed by atoms with Gasteiger partial charge >= 0.3 is 0 Å². The Morgan fingerprint density at radius 1 is 1.19 bits per heavy atom. The predicted molar refractivity (Wildman–Crippen MR) is 98.2 cm³/mol. The highest BCUT2D eigenvalue weighted by atomic mass is 16.5.